The minimum Gasteiger partial charge on any atom is -0.476 e. The van der Waals surface area contributed by atoms with E-state index in [1.807, 2.05) is 19.1 Å². The predicted molar refractivity (Wildman–Crippen MR) is 74.7 cm³/mol. The number of aromatic nitrogens is 3. The Kier molecular flexibility index (Phi) is 4.29. The van der Waals surface area contributed by atoms with Crippen molar-refractivity contribution in [2.45, 2.75) is 20.0 Å². The molecule has 2 rings (SSSR count). The van der Waals surface area contributed by atoms with Gasteiger partial charge in [0.15, 0.2) is 5.69 Å². The molecule has 0 aliphatic heterocycles. The first kappa shape index (κ1) is 14.7. The molecule has 0 aliphatic carbocycles. The van der Waals surface area contributed by atoms with Crippen LogP contribution in [0.15, 0.2) is 24.3 Å². The normalized spacial score (nSPS) is 10.4. The Morgan fingerprint density at radius 2 is 2.00 bits per heavy atom. The fourth-order valence-corrected chi connectivity index (χ4v) is 1.80. The first-order valence-electron chi connectivity index (χ1n) is 6.23. The summed E-state index contributed by atoms with van der Waals surface area (Å²) < 4.78 is 1.19. The fourth-order valence-electron chi connectivity index (χ4n) is 1.80. The number of nitrogens with two attached hydrogens (primary N) is 1. The molecule has 1 aromatic heterocycles. The van der Waals surface area contributed by atoms with Gasteiger partial charge in [0.05, 0.1) is 5.69 Å². The summed E-state index contributed by atoms with van der Waals surface area (Å²) in [6.45, 7) is 1.73. The third kappa shape index (κ3) is 3.42. The van der Waals surface area contributed by atoms with Crippen molar-refractivity contribution in [3.63, 3.8) is 0 Å². The summed E-state index contributed by atoms with van der Waals surface area (Å²) in [5.74, 6) is -1.56. The van der Waals surface area contributed by atoms with Crippen LogP contribution in [-0.2, 0) is 17.9 Å². The molecule has 21 heavy (non-hydrogen) atoms. The molecule has 0 fully saturated rings. The van der Waals surface area contributed by atoms with Gasteiger partial charge in [0, 0.05) is 12.2 Å². The SMILES string of the molecule is Cc1ccc(NC(=O)Cn2nnc(C(=O)O)c2CN)cc1. The average molecular weight is 289 g/mol. The van der Waals surface area contributed by atoms with Crippen LogP contribution in [0.3, 0.4) is 0 Å². The number of carboxylic acid groups (broad SMARTS) is 1. The zero-order valence-electron chi connectivity index (χ0n) is 11.4. The fraction of sp³-hybridized carbons (Fsp3) is 0.231. The topological polar surface area (TPSA) is 123 Å². The van der Waals surface area contributed by atoms with E-state index in [0.29, 0.717) is 5.69 Å². The summed E-state index contributed by atoms with van der Waals surface area (Å²) in [5.41, 5.74) is 7.19. The molecule has 0 radical (unpaired) electrons. The lowest BCUT2D eigenvalue weighted by Crippen LogP contribution is -2.22. The van der Waals surface area contributed by atoms with Gasteiger partial charge in [-0.05, 0) is 19.1 Å². The molecule has 0 saturated carbocycles. The largest absolute Gasteiger partial charge is 0.476 e. The molecule has 2 aromatic rings. The zero-order valence-corrected chi connectivity index (χ0v) is 11.4. The smallest absolute Gasteiger partial charge is 0.358 e. The third-order valence-electron chi connectivity index (χ3n) is 2.86. The average Bonchev–Trinajstić information content (AvgIpc) is 2.84. The van der Waals surface area contributed by atoms with Gasteiger partial charge in [-0.15, -0.1) is 5.10 Å². The monoisotopic (exact) mass is 289 g/mol. The first-order chi connectivity index (χ1) is 10.0. The lowest BCUT2D eigenvalue weighted by Gasteiger charge is -2.07. The number of nitrogens with one attached hydrogen (secondary N) is 1. The number of rotatable bonds is 5. The van der Waals surface area contributed by atoms with Crippen molar-refractivity contribution in [1.82, 2.24) is 15.0 Å². The van der Waals surface area contributed by atoms with E-state index in [-0.39, 0.29) is 30.4 Å². The molecule has 0 atom stereocenters. The highest BCUT2D eigenvalue weighted by Gasteiger charge is 2.19. The highest BCUT2D eigenvalue weighted by molar-refractivity contribution is 5.91. The molecule has 110 valence electrons. The highest BCUT2D eigenvalue weighted by atomic mass is 16.4. The maximum absolute atomic E-state index is 11.9. The molecule has 0 saturated heterocycles. The molecular weight excluding hydrogens is 274 g/mol. The third-order valence-corrected chi connectivity index (χ3v) is 2.86. The van der Waals surface area contributed by atoms with Crippen molar-refractivity contribution < 1.29 is 14.7 Å². The van der Waals surface area contributed by atoms with Gasteiger partial charge in [-0.1, -0.05) is 22.9 Å². The maximum Gasteiger partial charge on any atom is 0.358 e. The van der Waals surface area contributed by atoms with Gasteiger partial charge in [-0.25, -0.2) is 9.48 Å². The van der Waals surface area contributed by atoms with Crippen molar-refractivity contribution in [3.8, 4) is 0 Å². The second-order valence-electron chi connectivity index (χ2n) is 4.47. The Hall–Kier alpha value is -2.74. The maximum atomic E-state index is 11.9. The van der Waals surface area contributed by atoms with Crippen LogP contribution >= 0.6 is 0 Å². The minimum atomic E-state index is -1.22. The van der Waals surface area contributed by atoms with Gasteiger partial charge in [0.1, 0.15) is 6.54 Å². The minimum absolute atomic E-state index is 0.0631. The van der Waals surface area contributed by atoms with Crippen LogP contribution in [0.2, 0.25) is 0 Å². The standard InChI is InChI=1S/C13H15N5O3/c1-8-2-4-9(5-3-8)15-11(19)7-18-10(6-14)12(13(20)21)16-17-18/h2-5H,6-7,14H2,1H3,(H,15,19)(H,20,21). The van der Waals surface area contributed by atoms with E-state index in [4.69, 9.17) is 10.8 Å². The molecule has 0 bridgehead atoms. The lowest BCUT2D eigenvalue weighted by atomic mass is 10.2. The second kappa shape index (κ2) is 6.14. The van der Waals surface area contributed by atoms with E-state index in [0.717, 1.165) is 5.56 Å². The molecular formula is C13H15N5O3. The van der Waals surface area contributed by atoms with Crippen LogP contribution in [0.4, 0.5) is 5.69 Å². The Morgan fingerprint density at radius 1 is 1.33 bits per heavy atom. The van der Waals surface area contributed by atoms with E-state index in [2.05, 4.69) is 15.6 Å². The molecule has 4 N–H and O–H groups in total. The number of carbonyl (C=O) groups is 2. The van der Waals surface area contributed by atoms with Gasteiger partial charge in [-0.2, -0.15) is 0 Å². The van der Waals surface area contributed by atoms with E-state index in [1.165, 1.54) is 4.68 Å². The highest BCUT2D eigenvalue weighted by Crippen LogP contribution is 2.09. The molecule has 1 heterocycles. The molecule has 8 nitrogen and oxygen atoms in total. The van der Waals surface area contributed by atoms with Crippen LogP contribution < -0.4 is 11.1 Å². The summed E-state index contributed by atoms with van der Waals surface area (Å²) in [5, 5.41) is 18.8. The summed E-state index contributed by atoms with van der Waals surface area (Å²) in [6.07, 6.45) is 0. The summed E-state index contributed by atoms with van der Waals surface area (Å²) >= 11 is 0. The van der Waals surface area contributed by atoms with Gasteiger partial charge in [0.25, 0.3) is 0 Å². The second-order valence-corrected chi connectivity index (χ2v) is 4.47. The summed E-state index contributed by atoms with van der Waals surface area (Å²) in [7, 11) is 0. The number of aromatic carboxylic acids is 1. The Labute approximate surface area is 120 Å². The molecule has 1 amide bonds. The van der Waals surface area contributed by atoms with E-state index < -0.39 is 5.97 Å². The van der Waals surface area contributed by atoms with Gasteiger partial charge in [-0.3, -0.25) is 4.79 Å². The lowest BCUT2D eigenvalue weighted by molar-refractivity contribution is -0.117. The molecule has 0 spiro atoms. The van der Waals surface area contributed by atoms with Crippen molar-refractivity contribution in [2.24, 2.45) is 5.73 Å². The van der Waals surface area contributed by atoms with Gasteiger partial charge < -0.3 is 16.2 Å². The summed E-state index contributed by atoms with van der Waals surface area (Å²) in [6, 6.07) is 7.31. The van der Waals surface area contributed by atoms with Crippen molar-refractivity contribution in [3.05, 3.63) is 41.2 Å². The quantitative estimate of drug-likeness (QED) is 0.731. The first-order valence-corrected chi connectivity index (χ1v) is 6.23. The molecule has 8 heteroatoms. The number of carbonyl (C=O) groups excluding carboxylic acids is 1. The predicted octanol–water partition coefficient (Wildman–Crippen LogP) is 0.382. The Morgan fingerprint density at radius 3 is 2.57 bits per heavy atom. The molecule has 0 unspecified atom stereocenters. The Balaban J connectivity index is 2.09. The van der Waals surface area contributed by atoms with Gasteiger partial charge >= 0.3 is 5.97 Å². The van der Waals surface area contributed by atoms with Crippen molar-refractivity contribution in [2.75, 3.05) is 5.32 Å². The summed E-state index contributed by atoms with van der Waals surface area (Å²) in [4.78, 5) is 22.9. The number of nitrogens with zero attached hydrogens (tertiary/aromatic N) is 3. The number of carboxylic acids is 1. The van der Waals surface area contributed by atoms with Crippen molar-refractivity contribution >= 4 is 17.6 Å². The van der Waals surface area contributed by atoms with Crippen LogP contribution in [0.5, 0.6) is 0 Å². The zero-order chi connectivity index (χ0) is 15.4. The van der Waals surface area contributed by atoms with Crippen molar-refractivity contribution in [1.29, 1.82) is 0 Å². The number of hydrogen-bond donors (Lipinski definition) is 3. The van der Waals surface area contributed by atoms with Crippen LogP contribution in [0.25, 0.3) is 0 Å². The van der Waals surface area contributed by atoms with E-state index in [9.17, 15) is 9.59 Å². The van der Waals surface area contributed by atoms with Crippen LogP contribution in [0, 0.1) is 6.92 Å². The number of aryl methyl sites for hydroxylation is 1. The number of benzene rings is 1. The van der Waals surface area contributed by atoms with E-state index >= 15 is 0 Å². The molecule has 0 aliphatic rings. The van der Waals surface area contributed by atoms with Crippen LogP contribution in [0.1, 0.15) is 21.7 Å². The van der Waals surface area contributed by atoms with E-state index in [1.54, 1.807) is 12.1 Å². The van der Waals surface area contributed by atoms with Gasteiger partial charge in [0.2, 0.25) is 5.91 Å². The Bertz CT molecular complexity index is 663. The number of anilines is 1. The van der Waals surface area contributed by atoms with Crippen LogP contribution in [-0.4, -0.2) is 32.0 Å². The molecule has 1 aromatic carbocycles. The number of amides is 1. The number of hydrogen-bond acceptors (Lipinski definition) is 5.